The van der Waals surface area contributed by atoms with Crippen molar-refractivity contribution in [3.63, 3.8) is 0 Å². The van der Waals surface area contributed by atoms with Crippen LogP contribution in [0.15, 0.2) is 73.3 Å². The highest BCUT2D eigenvalue weighted by Crippen LogP contribution is 2.37. The predicted octanol–water partition coefficient (Wildman–Crippen LogP) is 4.77. The molecule has 0 atom stereocenters. The van der Waals surface area contributed by atoms with Crippen LogP contribution in [0.25, 0.3) is 44.3 Å². The molecular formula is C20H14N4. The summed E-state index contributed by atoms with van der Waals surface area (Å²) in [7, 11) is 0. The topological polar surface area (TPSA) is 57.4 Å². The van der Waals surface area contributed by atoms with Crippen LogP contribution in [-0.4, -0.2) is 19.9 Å². The first-order valence-corrected chi connectivity index (χ1v) is 7.86. The summed E-state index contributed by atoms with van der Waals surface area (Å²) in [5.41, 5.74) is 8.61. The van der Waals surface area contributed by atoms with Crippen LogP contribution in [0.2, 0.25) is 0 Å². The Labute approximate surface area is 138 Å². The molecule has 3 aromatic carbocycles. The maximum atomic E-state index is 4.50. The van der Waals surface area contributed by atoms with Gasteiger partial charge in [0, 0.05) is 11.1 Å². The molecule has 0 saturated carbocycles. The summed E-state index contributed by atoms with van der Waals surface area (Å²) >= 11 is 0. The summed E-state index contributed by atoms with van der Waals surface area (Å²) in [4.78, 5) is 15.4. The van der Waals surface area contributed by atoms with Crippen LogP contribution in [0.1, 0.15) is 0 Å². The number of fused-ring (bicyclic) bond motifs is 2. The van der Waals surface area contributed by atoms with E-state index in [0.717, 1.165) is 44.3 Å². The van der Waals surface area contributed by atoms with Gasteiger partial charge in [0.15, 0.2) is 0 Å². The van der Waals surface area contributed by atoms with Crippen molar-refractivity contribution in [2.75, 3.05) is 0 Å². The summed E-state index contributed by atoms with van der Waals surface area (Å²) in [6.45, 7) is 0. The lowest BCUT2D eigenvalue weighted by Gasteiger charge is -2.11. The first-order valence-electron chi connectivity index (χ1n) is 7.86. The summed E-state index contributed by atoms with van der Waals surface area (Å²) < 4.78 is 0. The third-order valence-corrected chi connectivity index (χ3v) is 4.41. The van der Waals surface area contributed by atoms with E-state index in [4.69, 9.17) is 0 Å². The number of hydrogen-bond donors (Lipinski definition) is 2. The van der Waals surface area contributed by atoms with Crippen molar-refractivity contribution >= 4 is 22.1 Å². The first kappa shape index (κ1) is 13.1. The van der Waals surface area contributed by atoms with E-state index in [0.29, 0.717) is 0 Å². The van der Waals surface area contributed by atoms with Crippen molar-refractivity contribution in [2.45, 2.75) is 0 Å². The van der Waals surface area contributed by atoms with Crippen LogP contribution in [-0.2, 0) is 0 Å². The van der Waals surface area contributed by atoms with Gasteiger partial charge in [-0.15, -0.1) is 0 Å². The number of nitrogens with zero attached hydrogens (tertiary/aromatic N) is 2. The third-order valence-electron chi connectivity index (χ3n) is 4.41. The molecule has 24 heavy (non-hydrogen) atoms. The Balaban J connectivity index is 1.84. The Hall–Kier alpha value is -3.40. The van der Waals surface area contributed by atoms with Gasteiger partial charge in [-0.1, -0.05) is 48.5 Å². The third kappa shape index (κ3) is 1.86. The number of hydrogen-bond acceptors (Lipinski definition) is 2. The summed E-state index contributed by atoms with van der Waals surface area (Å²) in [6, 6.07) is 20.9. The van der Waals surface area contributed by atoms with Gasteiger partial charge in [-0.2, -0.15) is 0 Å². The zero-order valence-electron chi connectivity index (χ0n) is 12.8. The van der Waals surface area contributed by atoms with Gasteiger partial charge in [-0.3, -0.25) is 0 Å². The quantitative estimate of drug-likeness (QED) is 0.493. The molecule has 114 valence electrons. The second-order valence-electron chi connectivity index (χ2n) is 5.75. The molecule has 5 rings (SSSR count). The number of benzene rings is 3. The van der Waals surface area contributed by atoms with Gasteiger partial charge < -0.3 is 9.97 Å². The SMILES string of the molecule is c1ccc(-c2cccc3[nH]cnc23)c(-c2cccc3[nH]cnc23)c1. The lowest BCUT2D eigenvalue weighted by Crippen LogP contribution is -1.88. The van der Waals surface area contributed by atoms with E-state index in [-0.39, 0.29) is 0 Å². The molecule has 5 aromatic rings. The second-order valence-corrected chi connectivity index (χ2v) is 5.75. The number of aromatic amines is 2. The standard InChI is InChI=1S/C20H14N4/c1-2-6-14(16-8-4-10-18-20(16)24-12-22-18)13(5-1)15-7-3-9-17-19(15)23-11-21-17/h1-12H,(H,21,23)(H,22,24). The van der Waals surface area contributed by atoms with Crippen molar-refractivity contribution in [2.24, 2.45) is 0 Å². The van der Waals surface area contributed by atoms with Crippen molar-refractivity contribution in [3.8, 4) is 22.3 Å². The van der Waals surface area contributed by atoms with E-state index >= 15 is 0 Å². The first-order chi connectivity index (χ1) is 11.9. The number of nitrogens with one attached hydrogen (secondary N) is 2. The average Bonchev–Trinajstić information content (AvgIpc) is 3.30. The van der Waals surface area contributed by atoms with Crippen LogP contribution < -0.4 is 0 Å². The molecule has 2 N–H and O–H groups in total. The summed E-state index contributed by atoms with van der Waals surface area (Å²) in [6.07, 6.45) is 3.48. The average molecular weight is 310 g/mol. The normalized spacial score (nSPS) is 11.3. The Kier molecular flexibility index (Phi) is 2.76. The van der Waals surface area contributed by atoms with Gasteiger partial charge in [-0.05, 0) is 23.3 Å². The monoisotopic (exact) mass is 310 g/mol. The van der Waals surface area contributed by atoms with Gasteiger partial charge in [0.25, 0.3) is 0 Å². The lowest BCUT2D eigenvalue weighted by atomic mass is 9.93. The maximum absolute atomic E-state index is 4.50. The van der Waals surface area contributed by atoms with Crippen LogP contribution in [0.5, 0.6) is 0 Å². The Bertz CT molecular complexity index is 1070. The molecule has 4 heteroatoms. The Morgan fingerprint density at radius 2 is 0.958 bits per heavy atom. The zero-order chi connectivity index (χ0) is 15.9. The molecule has 0 aliphatic rings. The molecule has 4 nitrogen and oxygen atoms in total. The molecule has 0 amide bonds. The molecule has 0 aliphatic carbocycles. The van der Waals surface area contributed by atoms with Crippen molar-refractivity contribution in [1.82, 2.24) is 19.9 Å². The highest BCUT2D eigenvalue weighted by atomic mass is 14.9. The van der Waals surface area contributed by atoms with Gasteiger partial charge in [0.2, 0.25) is 0 Å². The van der Waals surface area contributed by atoms with E-state index in [1.165, 1.54) is 0 Å². The number of rotatable bonds is 2. The van der Waals surface area contributed by atoms with Crippen LogP contribution in [0.3, 0.4) is 0 Å². The molecule has 0 saturated heterocycles. The smallest absolute Gasteiger partial charge is 0.0961 e. The molecule has 0 unspecified atom stereocenters. The van der Waals surface area contributed by atoms with E-state index in [1.807, 2.05) is 12.1 Å². The number of H-pyrrole nitrogens is 2. The van der Waals surface area contributed by atoms with E-state index in [9.17, 15) is 0 Å². The fourth-order valence-corrected chi connectivity index (χ4v) is 3.32. The number of para-hydroxylation sites is 2. The van der Waals surface area contributed by atoms with Gasteiger partial charge in [0.05, 0.1) is 34.7 Å². The maximum Gasteiger partial charge on any atom is 0.0961 e. The Morgan fingerprint density at radius 1 is 0.500 bits per heavy atom. The highest BCUT2D eigenvalue weighted by Gasteiger charge is 2.13. The molecule has 2 aromatic heterocycles. The Morgan fingerprint density at radius 3 is 1.46 bits per heavy atom. The van der Waals surface area contributed by atoms with E-state index in [2.05, 4.69) is 68.5 Å². The molecule has 0 aliphatic heterocycles. The van der Waals surface area contributed by atoms with Crippen LogP contribution >= 0.6 is 0 Å². The van der Waals surface area contributed by atoms with Crippen LogP contribution in [0, 0.1) is 0 Å². The molecule has 0 bridgehead atoms. The zero-order valence-corrected chi connectivity index (χ0v) is 12.8. The molecule has 2 heterocycles. The van der Waals surface area contributed by atoms with E-state index in [1.54, 1.807) is 12.7 Å². The van der Waals surface area contributed by atoms with Gasteiger partial charge in [0.1, 0.15) is 0 Å². The number of imidazole rings is 2. The second kappa shape index (κ2) is 5.06. The molecule has 0 radical (unpaired) electrons. The van der Waals surface area contributed by atoms with Crippen LogP contribution in [0.4, 0.5) is 0 Å². The number of aromatic nitrogens is 4. The van der Waals surface area contributed by atoms with Gasteiger partial charge >= 0.3 is 0 Å². The van der Waals surface area contributed by atoms with Gasteiger partial charge in [-0.25, -0.2) is 9.97 Å². The largest absolute Gasteiger partial charge is 0.345 e. The minimum absolute atomic E-state index is 0.985. The fourth-order valence-electron chi connectivity index (χ4n) is 3.32. The predicted molar refractivity (Wildman–Crippen MR) is 96.6 cm³/mol. The molecular weight excluding hydrogens is 296 g/mol. The lowest BCUT2D eigenvalue weighted by molar-refractivity contribution is 1.34. The molecule has 0 spiro atoms. The summed E-state index contributed by atoms with van der Waals surface area (Å²) in [5.74, 6) is 0. The summed E-state index contributed by atoms with van der Waals surface area (Å²) in [5, 5.41) is 0. The minimum atomic E-state index is 0.985. The van der Waals surface area contributed by atoms with Crippen molar-refractivity contribution < 1.29 is 0 Å². The van der Waals surface area contributed by atoms with E-state index < -0.39 is 0 Å². The fraction of sp³-hybridized carbons (Fsp3) is 0. The van der Waals surface area contributed by atoms with Crippen molar-refractivity contribution in [1.29, 1.82) is 0 Å². The highest BCUT2D eigenvalue weighted by molar-refractivity contribution is 6.01. The minimum Gasteiger partial charge on any atom is -0.345 e. The molecule has 0 fully saturated rings. The van der Waals surface area contributed by atoms with Crippen molar-refractivity contribution in [3.05, 3.63) is 73.3 Å².